The summed E-state index contributed by atoms with van der Waals surface area (Å²) in [4.78, 5) is 23.8. The minimum atomic E-state index is -3.86. The van der Waals surface area contributed by atoms with E-state index in [0.717, 1.165) is 17.4 Å². The quantitative estimate of drug-likeness (QED) is 0.812. The van der Waals surface area contributed by atoms with Crippen LogP contribution in [0.1, 0.15) is 16.8 Å². The third-order valence-corrected chi connectivity index (χ3v) is 5.72. The first-order valence-electron chi connectivity index (χ1n) is 5.40. The number of likely N-dealkylation sites (tertiary alicyclic amines) is 1. The average molecular weight is 304 g/mol. The Bertz CT molecular complexity index is 622. The maximum atomic E-state index is 12.0. The van der Waals surface area contributed by atoms with Crippen LogP contribution < -0.4 is 4.72 Å². The smallest absolute Gasteiger partial charge is 0.336 e. The number of rotatable bonds is 4. The zero-order valence-corrected chi connectivity index (χ0v) is 11.6. The Balaban J connectivity index is 2.18. The molecule has 1 aliphatic heterocycles. The van der Waals surface area contributed by atoms with Crippen LogP contribution in [0.25, 0.3) is 0 Å². The van der Waals surface area contributed by atoms with E-state index in [1.807, 2.05) is 0 Å². The van der Waals surface area contributed by atoms with E-state index >= 15 is 0 Å². The van der Waals surface area contributed by atoms with Crippen LogP contribution in [-0.2, 0) is 14.8 Å². The highest BCUT2D eigenvalue weighted by Gasteiger charge is 2.33. The van der Waals surface area contributed by atoms with Gasteiger partial charge in [-0.05, 0) is 12.5 Å². The lowest BCUT2D eigenvalue weighted by atomic mass is 10.3. The second-order valence-electron chi connectivity index (χ2n) is 4.18. The molecule has 104 valence electrons. The highest BCUT2D eigenvalue weighted by atomic mass is 32.2. The topological polar surface area (TPSA) is 104 Å². The van der Waals surface area contributed by atoms with Crippen molar-refractivity contribution in [3.8, 4) is 0 Å². The number of hydrogen-bond acceptors (Lipinski definition) is 5. The van der Waals surface area contributed by atoms with E-state index in [2.05, 4.69) is 4.72 Å². The summed E-state index contributed by atoms with van der Waals surface area (Å²) in [5, 5.41) is 10.0. The van der Waals surface area contributed by atoms with Gasteiger partial charge in [0, 0.05) is 19.0 Å². The van der Waals surface area contributed by atoms with Crippen molar-refractivity contribution in [1.82, 2.24) is 9.62 Å². The van der Waals surface area contributed by atoms with Gasteiger partial charge in [-0.2, -0.15) is 4.72 Å². The van der Waals surface area contributed by atoms with E-state index in [-0.39, 0.29) is 15.7 Å². The number of amides is 1. The van der Waals surface area contributed by atoms with Crippen molar-refractivity contribution >= 4 is 33.2 Å². The molecule has 1 atom stereocenters. The molecule has 1 amide bonds. The molecular formula is C10H12N2O5S2. The van der Waals surface area contributed by atoms with Crippen molar-refractivity contribution in [1.29, 1.82) is 0 Å². The van der Waals surface area contributed by atoms with Gasteiger partial charge in [-0.25, -0.2) is 13.2 Å². The first-order valence-corrected chi connectivity index (χ1v) is 7.76. The number of hydrogen-bond donors (Lipinski definition) is 2. The lowest BCUT2D eigenvalue weighted by Crippen LogP contribution is -2.40. The van der Waals surface area contributed by atoms with Gasteiger partial charge in [0.2, 0.25) is 5.91 Å². The van der Waals surface area contributed by atoms with E-state index in [0.29, 0.717) is 13.0 Å². The monoisotopic (exact) mass is 304 g/mol. The van der Waals surface area contributed by atoms with Crippen LogP contribution >= 0.6 is 11.3 Å². The van der Waals surface area contributed by atoms with E-state index < -0.39 is 22.0 Å². The minimum Gasteiger partial charge on any atom is -0.478 e. The molecule has 1 fully saturated rings. The molecule has 1 aliphatic rings. The van der Waals surface area contributed by atoms with Crippen LogP contribution in [0.15, 0.2) is 15.7 Å². The van der Waals surface area contributed by atoms with Crippen LogP contribution in [0.4, 0.5) is 0 Å². The Kier molecular flexibility index (Phi) is 3.61. The lowest BCUT2D eigenvalue weighted by Gasteiger charge is -2.11. The summed E-state index contributed by atoms with van der Waals surface area (Å²) in [6.45, 7) is 0.497. The number of carbonyl (C=O) groups excluding carboxylic acids is 1. The summed E-state index contributed by atoms with van der Waals surface area (Å²) in [7, 11) is -2.25. The molecule has 0 aliphatic carbocycles. The number of thiophene rings is 1. The van der Waals surface area contributed by atoms with Crippen LogP contribution in [0.3, 0.4) is 0 Å². The summed E-state index contributed by atoms with van der Waals surface area (Å²) in [5.74, 6) is -1.46. The number of nitrogens with one attached hydrogen (secondary N) is 1. The van der Waals surface area contributed by atoms with Crippen LogP contribution in [0.2, 0.25) is 0 Å². The van der Waals surface area contributed by atoms with Crippen LogP contribution in [-0.4, -0.2) is 49.9 Å². The molecule has 2 N–H and O–H groups in total. The first-order chi connectivity index (χ1) is 8.81. The van der Waals surface area contributed by atoms with E-state index in [4.69, 9.17) is 5.11 Å². The van der Waals surface area contributed by atoms with Gasteiger partial charge in [0.1, 0.15) is 10.3 Å². The van der Waals surface area contributed by atoms with Gasteiger partial charge in [0.25, 0.3) is 10.0 Å². The highest BCUT2D eigenvalue weighted by molar-refractivity contribution is 7.91. The molecule has 2 heterocycles. The third kappa shape index (κ3) is 2.77. The van der Waals surface area contributed by atoms with Crippen molar-refractivity contribution in [3.05, 3.63) is 17.0 Å². The lowest BCUT2D eigenvalue weighted by molar-refractivity contribution is -0.127. The maximum Gasteiger partial charge on any atom is 0.336 e. The fourth-order valence-corrected chi connectivity index (χ4v) is 4.14. The van der Waals surface area contributed by atoms with Gasteiger partial charge in [0.05, 0.1) is 5.56 Å². The highest BCUT2D eigenvalue weighted by Crippen LogP contribution is 2.21. The molecule has 0 aromatic carbocycles. The molecule has 1 aromatic heterocycles. The molecule has 0 radical (unpaired) electrons. The Morgan fingerprint density at radius 3 is 2.74 bits per heavy atom. The molecule has 1 saturated heterocycles. The van der Waals surface area contributed by atoms with Gasteiger partial charge >= 0.3 is 5.97 Å². The summed E-state index contributed by atoms with van der Waals surface area (Å²) < 4.78 is 26.2. The number of carbonyl (C=O) groups is 2. The Hall–Kier alpha value is -1.45. The number of carboxylic acid groups (broad SMARTS) is 1. The number of aromatic carboxylic acids is 1. The van der Waals surface area contributed by atoms with Gasteiger partial charge < -0.3 is 10.0 Å². The van der Waals surface area contributed by atoms with Gasteiger partial charge in [-0.1, -0.05) is 0 Å². The standard InChI is InChI=1S/C10H12N2O5S2/c1-12-3-2-7(9(12)13)11-19(16,17)8-4-6(5-18-8)10(14)15/h4-5,7,11H,2-3H2,1H3,(H,14,15). The average Bonchev–Trinajstić information content (AvgIpc) is 2.92. The van der Waals surface area contributed by atoms with Gasteiger partial charge in [0.15, 0.2) is 0 Å². The van der Waals surface area contributed by atoms with Crippen LogP contribution in [0, 0.1) is 0 Å². The molecule has 19 heavy (non-hydrogen) atoms. The van der Waals surface area contributed by atoms with Crippen molar-refractivity contribution in [2.24, 2.45) is 0 Å². The molecular weight excluding hydrogens is 292 g/mol. The fourth-order valence-electron chi connectivity index (χ4n) is 1.75. The van der Waals surface area contributed by atoms with Crippen molar-refractivity contribution < 1.29 is 23.1 Å². The zero-order valence-electron chi connectivity index (χ0n) is 9.99. The SMILES string of the molecule is CN1CCC(NS(=O)(=O)c2cc(C(=O)O)cs2)C1=O. The maximum absolute atomic E-state index is 12.0. The first kappa shape index (κ1) is 14.0. The number of sulfonamides is 1. The molecule has 7 nitrogen and oxygen atoms in total. The summed E-state index contributed by atoms with van der Waals surface area (Å²) >= 11 is 0.814. The molecule has 0 spiro atoms. The predicted molar refractivity (Wildman–Crippen MR) is 67.6 cm³/mol. The summed E-state index contributed by atoms with van der Waals surface area (Å²) in [6.07, 6.45) is 0.408. The Morgan fingerprint density at radius 1 is 1.58 bits per heavy atom. The zero-order chi connectivity index (χ0) is 14.2. The largest absolute Gasteiger partial charge is 0.478 e. The normalized spacial score (nSPS) is 19.9. The summed E-state index contributed by atoms with van der Waals surface area (Å²) in [5.41, 5.74) is -0.0831. The number of likely N-dealkylation sites (N-methyl/N-ethyl adjacent to an activating group) is 1. The number of carboxylic acids is 1. The molecule has 9 heteroatoms. The van der Waals surface area contributed by atoms with Crippen molar-refractivity contribution in [3.63, 3.8) is 0 Å². The van der Waals surface area contributed by atoms with Crippen LogP contribution in [0.5, 0.6) is 0 Å². The number of nitrogens with zero attached hydrogens (tertiary/aromatic N) is 1. The fraction of sp³-hybridized carbons (Fsp3) is 0.400. The molecule has 2 rings (SSSR count). The van der Waals surface area contributed by atoms with Crippen molar-refractivity contribution in [2.45, 2.75) is 16.7 Å². The van der Waals surface area contributed by atoms with E-state index in [1.165, 1.54) is 10.3 Å². The van der Waals surface area contributed by atoms with E-state index in [1.54, 1.807) is 7.05 Å². The predicted octanol–water partition coefficient (Wildman–Crippen LogP) is -0.0447. The second-order valence-corrected chi connectivity index (χ2v) is 7.03. The molecule has 0 bridgehead atoms. The Morgan fingerprint density at radius 2 is 2.26 bits per heavy atom. The molecule has 1 unspecified atom stereocenters. The van der Waals surface area contributed by atoms with Crippen molar-refractivity contribution in [2.75, 3.05) is 13.6 Å². The Labute approximate surface area is 113 Å². The minimum absolute atomic E-state index is 0.0831. The summed E-state index contributed by atoms with van der Waals surface area (Å²) in [6, 6.07) is 0.309. The third-order valence-electron chi connectivity index (χ3n) is 2.81. The van der Waals surface area contributed by atoms with Gasteiger partial charge in [-0.3, -0.25) is 4.79 Å². The second kappa shape index (κ2) is 4.91. The van der Waals surface area contributed by atoms with Gasteiger partial charge in [-0.15, -0.1) is 11.3 Å². The van der Waals surface area contributed by atoms with E-state index in [9.17, 15) is 18.0 Å². The molecule has 0 saturated carbocycles. The molecule has 1 aromatic rings.